The molecular formula is C20H19N5O3. The van der Waals surface area contributed by atoms with Gasteiger partial charge in [0.05, 0.1) is 12.7 Å². The summed E-state index contributed by atoms with van der Waals surface area (Å²) < 4.78 is 5.32. The van der Waals surface area contributed by atoms with Crippen molar-refractivity contribution in [1.29, 1.82) is 0 Å². The number of carbonyl (C=O) groups excluding carboxylic acids is 2. The van der Waals surface area contributed by atoms with Crippen molar-refractivity contribution in [2.45, 2.75) is 12.8 Å². The van der Waals surface area contributed by atoms with E-state index in [-0.39, 0.29) is 17.8 Å². The number of nitrogens with one attached hydrogen (secondary N) is 2. The summed E-state index contributed by atoms with van der Waals surface area (Å²) in [5.41, 5.74) is 2.01. The van der Waals surface area contributed by atoms with Gasteiger partial charge in [-0.05, 0) is 42.8 Å². The minimum Gasteiger partial charge on any atom is -0.496 e. The first-order valence-electron chi connectivity index (χ1n) is 8.93. The number of aromatic nitrogens is 3. The number of carbonyl (C=O) groups is 2. The second-order valence-corrected chi connectivity index (χ2v) is 6.36. The van der Waals surface area contributed by atoms with Crippen LogP contribution < -0.4 is 15.0 Å². The molecule has 0 radical (unpaired) electrons. The van der Waals surface area contributed by atoms with Crippen LogP contribution in [-0.4, -0.2) is 40.7 Å². The molecule has 2 N–H and O–H groups in total. The van der Waals surface area contributed by atoms with E-state index in [4.69, 9.17) is 4.74 Å². The smallest absolute Gasteiger partial charge is 0.258 e. The summed E-state index contributed by atoms with van der Waals surface area (Å²) in [6.45, 7) is 0.716. The van der Waals surface area contributed by atoms with E-state index in [1.165, 1.54) is 0 Å². The second kappa shape index (κ2) is 7.51. The van der Waals surface area contributed by atoms with Gasteiger partial charge in [-0.15, -0.1) is 5.10 Å². The number of rotatable bonds is 5. The predicted molar refractivity (Wildman–Crippen MR) is 104 cm³/mol. The maximum absolute atomic E-state index is 12.5. The highest BCUT2D eigenvalue weighted by molar-refractivity contribution is 6.04. The molecule has 3 aromatic rings. The van der Waals surface area contributed by atoms with Crippen molar-refractivity contribution in [1.82, 2.24) is 15.2 Å². The van der Waals surface area contributed by atoms with Crippen LogP contribution in [0.15, 0.2) is 48.5 Å². The SMILES string of the molecule is COc1ccccc1-c1nc(NC(=O)c2ccc(N3CCCC3=O)cc2)n[nH]1. The van der Waals surface area contributed by atoms with Crippen molar-refractivity contribution in [2.75, 3.05) is 23.9 Å². The molecule has 142 valence electrons. The molecule has 0 bridgehead atoms. The minimum atomic E-state index is -0.329. The molecule has 2 aromatic carbocycles. The zero-order valence-corrected chi connectivity index (χ0v) is 15.3. The van der Waals surface area contributed by atoms with Crippen molar-refractivity contribution in [2.24, 2.45) is 0 Å². The Morgan fingerprint density at radius 1 is 1.18 bits per heavy atom. The Bertz CT molecular complexity index is 1010. The number of amides is 2. The fourth-order valence-corrected chi connectivity index (χ4v) is 3.17. The monoisotopic (exact) mass is 377 g/mol. The van der Waals surface area contributed by atoms with E-state index >= 15 is 0 Å². The third-order valence-corrected chi connectivity index (χ3v) is 4.59. The van der Waals surface area contributed by atoms with Crippen LogP contribution in [0.5, 0.6) is 5.75 Å². The van der Waals surface area contributed by atoms with Gasteiger partial charge in [0, 0.05) is 24.2 Å². The van der Waals surface area contributed by atoms with Crippen molar-refractivity contribution >= 4 is 23.5 Å². The Kier molecular flexibility index (Phi) is 4.76. The Hall–Kier alpha value is -3.68. The van der Waals surface area contributed by atoms with Gasteiger partial charge in [-0.1, -0.05) is 12.1 Å². The molecule has 2 amide bonds. The van der Waals surface area contributed by atoms with Gasteiger partial charge in [0.25, 0.3) is 5.91 Å². The average Bonchev–Trinajstić information content (AvgIpc) is 3.37. The number of hydrogen-bond acceptors (Lipinski definition) is 5. The van der Waals surface area contributed by atoms with Gasteiger partial charge in [-0.25, -0.2) is 0 Å². The Morgan fingerprint density at radius 2 is 1.96 bits per heavy atom. The van der Waals surface area contributed by atoms with E-state index in [0.717, 1.165) is 17.7 Å². The van der Waals surface area contributed by atoms with Crippen LogP contribution in [-0.2, 0) is 4.79 Å². The van der Waals surface area contributed by atoms with Crippen LogP contribution in [0, 0.1) is 0 Å². The zero-order valence-electron chi connectivity index (χ0n) is 15.3. The minimum absolute atomic E-state index is 0.113. The van der Waals surface area contributed by atoms with Gasteiger partial charge in [-0.2, -0.15) is 4.98 Å². The fourth-order valence-electron chi connectivity index (χ4n) is 3.17. The summed E-state index contributed by atoms with van der Waals surface area (Å²) >= 11 is 0. The lowest BCUT2D eigenvalue weighted by Crippen LogP contribution is -2.23. The maximum Gasteiger partial charge on any atom is 0.258 e. The molecule has 0 unspecified atom stereocenters. The number of hydrogen-bond donors (Lipinski definition) is 2. The molecule has 1 aromatic heterocycles. The van der Waals surface area contributed by atoms with Gasteiger partial charge < -0.3 is 9.64 Å². The molecule has 1 aliphatic rings. The first kappa shape index (κ1) is 17.7. The number of methoxy groups -OCH3 is 1. The van der Waals surface area contributed by atoms with Gasteiger partial charge in [0.15, 0.2) is 5.82 Å². The van der Waals surface area contributed by atoms with E-state index < -0.39 is 0 Å². The summed E-state index contributed by atoms with van der Waals surface area (Å²) in [7, 11) is 1.58. The van der Waals surface area contributed by atoms with Crippen molar-refractivity contribution in [3.05, 3.63) is 54.1 Å². The van der Waals surface area contributed by atoms with Crippen LogP contribution in [0.1, 0.15) is 23.2 Å². The van der Waals surface area contributed by atoms with E-state index in [2.05, 4.69) is 20.5 Å². The summed E-state index contributed by atoms with van der Waals surface area (Å²) in [4.78, 5) is 30.3. The number of anilines is 2. The van der Waals surface area contributed by atoms with E-state index in [9.17, 15) is 9.59 Å². The lowest BCUT2D eigenvalue weighted by Gasteiger charge is -2.15. The Morgan fingerprint density at radius 3 is 2.68 bits per heavy atom. The van der Waals surface area contributed by atoms with Crippen LogP contribution >= 0.6 is 0 Å². The zero-order chi connectivity index (χ0) is 19.5. The van der Waals surface area contributed by atoms with Gasteiger partial charge in [0.1, 0.15) is 5.75 Å². The number of H-pyrrole nitrogens is 1. The van der Waals surface area contributed by atoms with E-state index in [1.54, 1.807) is 36.3 Å². The number of aromatic amines is 1. The normalized spacial score (nSPS) is 13.6. The molecule has 0 spiro atoms. The lowest BCUT2D eigenvalue weighted by molar-refractivity contribution is -0.117. The highest BCUT2D eigenvalue weighted by atomic mass is 16.5. The predicted octanol–water partition coefficient (Wildman–Crippen LogP) is 2.86. The highest BCUT2D eigenvalue weighted by Crippen LogP contribution is 2.27. The van der Waals surface area contributed by atoms with E-state index in [0.29, 0.717) is 30.1 Å². The molecule has 4 rings (SSSR count). The molecule has 8 heteroatoms. The topological polar surface area (TPSA) is 100 Å². The first-order valence-corrected chi connectivity index (χ1v) is 8.93. The summed E-state index contributed by atoms with van der Waals surface area (Å²) in [5.74, 6) is 1.11. The number of ether oxygens (including phenoxy) is 1. The van der Waals surface area contributed by atoms with Gasteiger partial charge in [0.2, 0.25) is 11.9 Å². The van der Waals surface area contributed by atoms with Crippen LogP contribution in [0.25, 0.3) is 11.4 Å². The molecular weight excluding hydrogens is 358 g/mol. The molecule has 8 nitrogen and oxygen atoms in total. The molecule has 1 aliphatic heterocycles. The Labute approximate surface area is 161 Å². The van der Waals surface area contributed by atoms with Crippen LogP contribution in [0.2, 0.25) is 0 Å². The quantitative estimate of drug-likeness (QED) is 0.712. The standard InChI is InChI=1S/C20H19N5O3/c1-28-16-6-3-2-5-15(16)18-21-20(24-23-18)22-19(27)13-8-10-14(11-9-13)25-12-4-7-17(25)26/h2-3,5-6,8-11H,4,7,12H2,1H3,(H2,21,22,23,24,27). The first-order chi connectivity index (χ1) is 13.7. The van der Waals surface area contributed by atoms with Crippen molar-refractivity contribution < 1.29 is 14.3 Å². The number of nitrogens with zero attached hydrogens (tertiary/aromatic N) is 3. The molecule has 0 aliphatic carbocycles. The molecule has 2 heterocycles. The fraction of sp³-hybridized carbons (Fsp3) is 0.200. The van der Waals surface area contributed by atoms with Crippen molar-refractivity contribution in [3.8, 4) is 17.1 Å². The second-order valence-electron chi connectivity index (χ2n) is 6.36. The third kappa shape index (κ3) is 3.44. The molecule has 0 atom stereocenters. The van der Waals surface area contributed by atoms with Crippen molar-refractivity contribution in [3.63, 3.8) is 0 Å². The summed E-state index contributed by atoms with van der Waals surface area (Å²) in [5, 5.41) is 9.52. The summed E-state index contributed by atoms with van der Waals surface area (Å²) in [6.07, 6.45) is 1.43. The van der Waals surface area contributed by atoms with Crippen LogP contribution in [0.3, 0.4) is 0 Å². The molecule has 0 saturated carbocycles. The summed E-state index contributed by atoms with van der Waals surface area (Å²) in [6, 6.07) is 14.3. The lowest BCUT2D eigenvalue weighted by atomic mass is 10.2. The number of benzene rings is 2. The maximum atomic E-state index is 12.5. The largest absolute Gasteiger partial charge is 0.496 e. The Balaban J connectivity index is 1.47. The molecule has 28 heavy (non-hydrogen) atoms. The average molecular weight is 377 g/mol. The molecule has 1 fully saturated rings. The highest BCUT2D eigenvalue weighted by Gasteiger charge is 2.22. The number of para-hydroxylation sites is 1. The van der Waals surface area contributed by atoms with E-state index in [1.807, 2.05) is 24.3 Å². The van der Waals surface area contributed by atoms with Gasteiger partial charge >= 0.3 is 0 Å². The van der Waals surface area contributed by atoms with Crippen LogP contribution in [0.4, 0.5) is 11.6 Å². The van der Waals surface area contributed by atoms with Gasteiger partial charge in [-0.3, -0.25) is 20.0 Å². The third-order valence-electron chi connectivity index (χ3n) is 4.59. The molecule has 1 saturated heterocycles.